The van der Waals surface area contributed by atoms with E-state index in [1.807, 2.05) is 18.2 Å². The lowest BCUT2D eigenvalue weighted by molar-refractivity contribution is -0.138. The van der Waals surface area contributed by atoms with E-state index in [1.54, 1.807) is 13.2 Å². The Labute approximate surface area is 177 Å². The SMILES string of the molecule is COc1ccc(N2CCN(CCOC3=CC=C(C(=O)CCC(=O)O)CC3)CC2)cc1. The Bertz CT molecular complexity index is 792. The van der Waals surface area contributed by atoms with Gasteiger partial charge in [0.2, 0.25) is 0 Å². The summed E-state index contributed by atoms with van der Waals surface area (Å²) in [6.45, 7) is 5.47. The van der Waals surface area contributed by atoms with Gasteiger partial charge in [0.1, 0.15) is 12.4 Å². The Kier molecular flexibility index (Phi) is 7.90. The molecule has 0 unspecified atom stereocenters. The number of methoxy groups -OCH3 is 1. The van der Waals surface area contributed by atoms with Gasteiger partial charge in [-0.1, -0.05) is 6.08 Å². The van der Waals surface area contributed by atoms with Crippen LogP contribution in [0.25, 0.3) is 0 Å². The second-order valence-corrected chi connectivity index (χ2v) is 7.52. The van der Waals surface area contributed by atoms with E-state index in [-0.39, 0.29) is 18.6 Å². The number of anilines is 1. The lowest BCUT2D eigenvalue weighted by Crippen LogP contribution is -2.47. The Morgan fingerprint density at radius 2 is 1.73 bits per heavy atom. The molecule has 1 aliphatic heterocycles. The van der Waals surface area contributed by atoms with E-state index in [1.165, 1.54) is 5.69 Å². The van der Waals surface area contributed by atoms with Crippen LogP contribution in [0.1, 0.15) is 25.7 Å². The van der Waals surface area contributed by atoms with Crippen molar-refractivity contribution in [2.75, 3.05) is 51.3 Å². The Balaban J connectivity index is 1.36. The van der Waals surface area contributed by atoms with Crippen LogP contribution in [0.3, 0.4) is 0 Å². The molecule has 3 rings (SSSR count). The van der Waals surface area contributed by atoms with Crippen LogP contribution in [0.2, 0.25) is 0 Å². The van der Waals surface area contributed by atoms with Crippen molar-refractivity contribution in [3.63, 3.8) is 0 Å². The lowest BCUT2D eigenvalue weighted by atomic mass is 9.97. The fraction of sp³-hybridized carbons (Fsp3) is 0.478. The Morgan fingerprint density at radius 1 is 1.00 bits per heavy atom. The van der Waals surface area contributed by atoms with Gasteiger partial charge >= 0.3 is 5.97 Å². The predicted octanol–water partition coefficient (Wildman–Crippen LogP) is 2.87. The van der Waals surface area contributed by atoms with Gasteiger partial charge in [0.15, 0.2) is 5.78 Å². The molecule has 1 aliphatic carbocycles. The average Bonchev–Trinajstić information content (AvgIpc) is 2.78. The number of piperazine rings is 1. The standard InChI is InChI=1S/C23H30N2O5/c1-29-20-8-4-19(5-9-20)25-14-12-24(13-15-25)16-17-30-21-6-2-18(3-7-21)22(26)10-11-23(27)28/h2,4-6,8-9H,3,7,10-17H2,1H3,(H,27,28). The first-order valence-electron chi connectivity index (χ1n) is 10.4. The molecule has 0 spiro atoms. The summed E-state index contributed by atoms with van der Waals surface area (Å²) in [6.07, 6.45) is 4.87. The van der Waals surface area contributed by atoms with E-state index in [2.05, 4.69) is 21.9 Å². The summed E-state index contributed by atoms with van der Waals surface area (Å²) >= 11 is 0. The van der Waals surface area contributed by atoms with Crippen molar-refractivity contribution in [1.29, 1.82) is 0 Å². The summed E-state index contributed by atoms with van der Waals surface area (Å²) < 4.78 is 11.1. The minimum absolute atomic E-state index is 0.0632. The number of benzene rings is 1. The van der Waals surface area contributed by atoms with Crippen LogP contribution < -0.4 is 9.64 Å². The van der Waals surface area contributed by atoms with Crippen LogP contribution in [0.5, 0.6) is 5.75 Å². The second kappa shape index (κ2) is 10.8. The fourth-order valence-corrected chi connectivity index (χ4v) is 3.68. The molecule has 0 amide bonds. The molecular formula is C23H30N2O5. The van der Waals surface area contributed by atoms with E-state index in [9.17, 15) is 9.59 Å². The number of carboxylic acids is 1. The normalized spacial score (nSPS) is 17.2. The maximum atomic E-state index is 12.0. The Morgan fingerprint density at radius 3 is 2.33 bits per heavy atom. The van der Waals surface area contributed by atoms with Crippen molar-refractivity contribution < 1.29 is 24.2 Å². The number of carbonyl (C=O) groups is 2. The maximum absolute atomic E-state index is 12.0. The molecule has 0 aromatic heterocycles. The van der Waals surface area contributed by atoms with Crippen LogP contribution in [-0.2, 0) is 14.3 Å². The zero-order valence-electron chi connectivity index (χ0n) is 17.5. The summed E-state index contributed by atoms with van der Waals surface area (Å²) in [5, 5.41) is 8.68. The van der Waals surface area contributed by atoms with Gasteiger partial charge in [-0.2, -0.15) is 0 Å². The molecule has 0 radical (unpaired) electrons. The summed E-state index contributed by atoms with van der Waals surface area (Å²) in [5.41, 5.74) is 1.91. The number of aliphatic carboxylic acids is 1. The third-order valence-corrected chi connectivity index (χ3v) is 5.54. The number of carboxylic acid groups (broad SMARTS) is 1. The highest BCUT2D eigenvalue weighted by atomic mass is 16.5. The number of ketones is 1. The molecule has 7 nitrogen and oxygen atoms in total. The van der Waals surface area contributed by atoms with Crippen LogP contribution in [0, 0.1) is 0 Å². The molecule has 30 heavy (non-hydrogen) atoms. The second-order valence-electron chi connectivity index (χ2n) is 7.52. The molecule has 1 fully saturated rings. The molecule has 1 saturated heterocycles. The van der Waals surface area contributed by atoms with Crippen molar-refractivity contribution in [1.82, 2.24) is 4.90 Å². The molecule has 162 valence electrons. The van der Waals surface area contributed by atoms with Crippen molar-refractivity contribution >= 4 is 17.4 Å². The summed E-state index contributed by atoms with van der Waals surface area (Å²) in [5.74, 6) is 0.742. The van der Waals surface area contributed by atoms with Crippen LogP contribution in [0.4, 0.5) is 5.69 Å². The first-order chi connectivity index (χ1) is 14.5. The topological polar surface area (TPSA) is 79.3 Å². The number of rotatable bonds is 10. The predicted molar refractivity (Wildman–Crippen MR) is 115 cm³/mol. The quantitative estimate of drug-likeness (QED) is 0.631. The number of carbonyl (C=O) groups excluding carboxylic acids is 1. The van der Waals surface area contributed by atoms with Gasteiger partial charge in [0.25, 0.3) is 0 Å². The minimum atomic E-state index is -0.941. The van der Waals surface area contributed by atoms with Crippen molar-refractivity contribution in [3.8, 4) is 5.75 Å². The fourth-order valence-electron chi connectivity index (χ4n) is 3.68. The van der Waals surface area contributed by atoms with Crippen LogP contribution >= 0.6 is 0 Å². The van der Waals surface area contributed by atoms with Gasteiger partial charge in [-0.05, 0) is 42.3 Å². The highest BCUT2D eigenvalue weighted by Crippen LogP contribution is 2.22. The Hall–Kier alpha value is -2.80. The first-order valence-corrected chi connectivity index (χ1v) is 10.4. The van der Waals surface area contributed by atoms with Crippen molar-refractivity contribution in [3.05, 3.63) is 47.7 Å². The highest BCUT2D eigenvalue weighted by Gasteiger charge is 2.18. The number of hydrogen-bond donors (Lipinski definition) is 1. The van der Waals surface area contributed by atoms with E-state index >= 15 is 0 Å². The zero-order chi connectivity index (χ0) is 21.3. The number of allylic oxidation sites excluding steroid dienone is 4. The van der Waals surface area contributed by atoms with E-state index in [0.717, 1.165) is 44.2 Å². The molecule has 0 saturated carbocycles. The van der Waals surface area contributed by atoms with E-state index < -0.39 is 5.97 Å². The molecule has 1 aromatic rings. The van der Waals surface area contributed by atoms with Crippen LogP contribution in [0.15, 0.2) is 47.7 Å². The third-order valence-electron chi connectivity index (χ3n) is 5.54. The molecule has 2 aliphatic rings. The molecule has 7 heteroatoms. The van der Waals surface area contributed by atoms with Crippen LogP contribution in [-0.4, -0.2) is 68.2 Å². The molecule has 1 heterocycles. The van der Waals surface area contributed by atoms with Gasteiger partial charge in [-0.25, -0.2) is 0 Å². The number of hydrogen-bond acceptors (Lipinski definition) is 6. The van der Waals surface area contributed by atoms with Crippen molar-refractivity contribution in [2.45, 2.75) is 25.7 Å². The number of Topliss-reactive ketones (excluding diaryl/α,β-unsaturated/α-hetero) is 1. The minimum Gasteiger partial charge on any atom is -0.497 e. The summed E-state index contributed by atoms with van der Waals surface area (Å²) in [6, 6.07) is 8.18. The molecule has 1 N–H and O–H groups in total. The molecule has 0 bridgehead atoms. The smallest absolute Gasteiger partial charge is 0.303 e. The maximum Gasteiger partial charge on any atom is 0.303 e. The monoisotopic (exact) mass is 414 g/mol. The average molecular weight is 415 g/mol. The largest absolute Gasteiger partial charge is 0.497 e. The first kappa shape index (κ1) is 21.9. The third kappa shape index (κ3) is 6.35. The molecule has 1 aromatic carbocycles. The highest BCUT2D eigenvalue weighted by molar-refractivity contribution is 5.97. The number of nitrogens with zero attached hydrogens (tertiary/aromatic N) is 2. The van der Waals surface area contributed by atoms with Gasteiger partial charge in [0, 0.05) is 51.3 Å². The van der Waals surface area contributed by atoms with Gasteiger partial charge in [-0.15, -0.1) is 0 Å². The lowest BCUT2D eigenvalue weighted by Gasteiger charge is -2.36. The van der Waals surface area contributed by atoms with Gasteiger partial charge in [-0.3, -0.25) is 14.5 Å². The van der Waals surface area contributed by atoms with E-state index in [4.69, 9.17) is 14.6 Å². The van der Waals surface area contributed by atoms with Crippen molar-refractivity contribution in [2.24, 2.45) is 0 Å². The van der Waals surface area contributed by atoms with E-state index in [0.29, 0.717) is 25.0 Å². The summed E-state index contributed by atoms with van der Waals surface area (Å²) in [7, 11) is 1.68. The zero-order valence-corrected chi connectivity index (χ0v) is 17.5. The molecular weight excluding hydrogens is 384 g/mol. The number of ether oxygens (including phenoxy) is 2. The molecule has 0 atom stereocenters. The van der Waals surface area contributed by atoms with Gasteiger partial charge in [0.05, 0.1) is 19.3 Å². The van der Waals surface area contributed by atoms with Gasteiger partial charge < -0.3 is 19.5 Å². The summed E-state index contributed by atoms with van der Waals surface area (Å²) in [4.78, 5) is 27.3.